The van der Waals surface area contributed by atoms with Crippen LogP contribution in [0.15, 0.2) is 12.3 Å². The topological polar surface area (TPSA) is 64.4 Å². The van der Waals surface area contributed by atoms with Gasteiger partial charge in [-0.2, -0.15) is 5.10 Å². The molecule has 0 aliphatic heterocycles. The molecular weight excluding hydrogens is 270 g/mol. The van der Waals surface area contributed by atoms with Gasteiger partial charge in [0.25, 0.3) is 5.91 Å². The van der Waals surface area contributed by atoms with Crippen LogP contribution in [0, 0.1) is 5.92 Å². The van der Waals surface area contributed by atoms with E-state index in [2.05, 4.69) is 5.10 Å². The normalized spacial score (nSPS) is 12.6. The van der Waals surface area contributed by atoms with Crippen LogP contribution in [0.2, 0.25) is 0 Å². The fraction of sp³-hybridized carbons (Fsp3) is 0.667. The second-order valence-corrected chi connectivity index (χ2v) is 5.86. The summed E-state index contributed by atoms with van der Waals surface area (Å²) < 4.78 is 6.52. The van der Waals surface area contributed by atoms with E-state index >= 15 is 0 Å². The van der Waals surface area contributed by atoms with E-state index in [4.69, 9.17) is 4.74 Å². The first kappa shape index (κ1) is 17.2. The number of hydrogen-bond acceptors (Lipinski definition) is 4. The van der Waals surface area contributed by atoms with Crippen molar-refractivity contribution in [2.24, 2.45) is 5.92 Å². The fourth-order valence-corrected chi connectivity index (χ4v) is 2.06. The molecule has 1 rings (SSSR count). The van der Waals surface area contributed by atoms with E-state index in [-0.39, 0.29) is 17.9 Å². The molecule has 0 N–H and O–H groups in total. The summed E-state index contributed by atoms with van der Waals surface area (Å²) in [6.07, 6.45) is 2.32. The highest BCUT2D eigenvalue weighted by Crippen LogP contribution is 2.15. The Kier molecular flexibility index (Phi) is 5.93. The number of aromatic nitrogens is 2. The number of methoxy groups -OCH3 is 1. The second-order valence-electron chi connectivity index (χ2n) is 5.86. The van der Waals surface area contributed by atoms with E-state index in [0.29, 0.717) is 12.1 Å². The Balaban J connectivity index is 2.93. The van der Waals surface area contributed by atoms with Gasteiger partial charge in [0, 0.05) is 19.3 Å². The van der Waals surface area contributed by atoms with Crippen LogP contribution in [-0.4, -0.2) is 46.8 Å². The van der Waals surface area contributed by atoms with Crippen molar-refractivity contribution in [3.63, 3.8) is 0 Å². The minimum absolute atomic E-state index is 0.184. The molecule has 0 bridgehead atoms. The highest BCUT2D eigenvalue weighted by molar-refractivity contribution is 5.95. The highest BCUT2D eigenvalue weighted by atomic mass is 16.5. The number of ether oxygens (including phenoxy) is 1. The lowest BCUT2D eigenvalue weighted by molar-refractivity contribution is -0.146. The van der Waals surface area contributed by atoms with Gasteiger partial charge in [-0.3, -0.25) is 9.48 Å². The van der Waals surface area contributed by atoms with Crippen molar-refractivity contribution < 1.29 is 14.3 Å². The van der Waals surface area contributed by atoms with Crippen molar-refractivity contribution in [2.45, 2.75) is 46.2 Å². The largest absolute Gasteiger partial charge is 0.467 e. The fourth-order valence-electron chi connectivity index (χ4n) is 2.06. The highest BCUT2D eigenvalue weighted by Gasteiger charge is 2.30. The molecule has 0 saturated carbocycles. The minimum atomic E-state index is -0.591. The quantitative estimate of drug-likeness (QED) is 0.754. The van der Waals surface area contributed by atoms with Gasteiger partial charge in [-0.25, -0.2) is 4.79 Å². The van der Waals surface area contributed by atoms with Crippen molar-refractivity contribution in [1.29, 1.82) is 0 Å². The predicted molar refractivity (Wildman–Crippen MR) is 80.0 cm³/mol. The van der Waals surface area contributed by atoms with Crippen LogP contribution in [0.4, 0.5) is 0 Å². The number of nitrogens with zero attached hydrogens (tertiary/aromatic N) is 3. The van der Waals surface area contributed by atoms with E-state index in [0.717, 1.165) is 0 Å². The molecule has 1 atom stereocenters. The lowest BCUT2D eigenvalue weighted by Gasteiger charge is -2.26. The number of amides is 1. The Labute approximate surface area is 126 Å². The third-order valence-corrected chi connectivity index (χ3v) is 3.31. The SMILES string of the molecule is COC(=O)[C@H](CC(C)C)N(C)C(=O)c1ccn(C(C)C)n1. The van der Waals surface area contributed by atoms with Crippen LogP contribution >= 0.6 is 0 Å². The van der Waals surface area contributed by atoms with Crippen molar-refractivity contribution in [1.82, 2.24) is 14.7 Å². The molecule has 21 heavy (non-hydrogen) atoms. The molecule has 0 spiro atoms. The Morgan fingerprint density at radius 2 is 1.95 bits per heavy atom. The molecule has 118 valence electrons. The molecule has 1 aromatic heterocycles. The molecule has 6 nitrogen and oxygen atoms in total. The van der Waals surface area contributed by atoms with Crippen LogP contribution in [0.1, 0.15) is 50.6 Å². The summed E-state index contributed by atoms with van der Waals surface area (Å²) in [4.78, 5) is 25.8. The van der Waals surface area contributed by atoms with Gasteiger partial charge >= 0.3 is 5.97 Å². The van der Waals surface area contributed by atoms with Crippen molar-refractivity contribution in [3.05, 3.63) is 18.0 Å². The summed E-state index contributed by atoms with van der Waals surface area (Å²) in [6.45, 7) is 7.98. The standard InChI is InChI=1S/C15H25N3O3/c1-10(2)9-13(15(20)21-6)17(5)14(19)12-7-8-18(16-12)11(3)4/h7-8,10-11,13H,9H2,1-6H3/t13-/m0/s1. The molecule has 0 saturated heterocycles. The van der Waals surface area contributed by atoms with Gasteiger partial charge in [-0.1, -0.05) is 13.8 Å². The van der Waals surface area contributed by atoms with E-state index in [1.165, 1.54) is 12.0 Å². The number of rotatable bonds is 6. The molecule has 1 amide bonds. The number of carbonyl (C=O) groups is 2. The average Bonchev–Trinajstić information content (AvgIpc) is 2.92. The summed E-state index contributed by atoms with van der Waals surface area (Å²) in [5, 5.41) is 4.25. The van der Waals surface area contributed by atoms with Crippen LogP contribution in [0.25, 0.3) is 0 Å². The summed E-state index contributed by atoms with van der Waals surface area (Å²) in [6, 6.07) is 1.26. The zero-order chi connectivity index (χ0) is 16.2. The van der Waals surface area contributed by atoms with E-state index in [1.54, 1.807) is 24.0 Å². The molecule has 6 heteroatoms. The second kappa shape index (κ2) is 7.24. The van der Waals surface area contributed by atoms with Crippen molar-refractivity contribution >= 4 is 11.9 Å². The Morgan fingerprint density at radius 1 is 1.33 bits per heavy atom. The van der Waals surface area contributed by atoms with Gasteiger partial charge in [0.15, 0.2) is 0 Å². The zero-order valence-corrected chi connectivity index (χ0v) is 13.7. The molecule has 1 aromatic rings. The average molecular weight is 295 g/mol. The number of carbonyl (C=O) groups excluding carboxylic acids is 2. The van der Waals surface area contributed by atoms with Crippen molar-refractivity contribution in [3.8, 4) is 0 Å². The minimum Gasteiger partial charge on any atom is -0.467 e. The van der Waals surface area contributed by atoms with Gasteiger partial charge in [-0.05, 0) is 32.3 Å². The van der Waals surface area contributed by atoms with Gasteiger partial charge in [0.05, 0.1) is 7.11 Å². The van der Waals surface area contributed by atoms with E-state index in [9.17, 15) is 9.59 Å². The van der Waals surface area contributed by atoms with E-state index in [1.807, 2.05) is 27.7 Å². The van der Waals surface area contributed by atoms with Crippen LogP contribution < -0.4 is 0 Å². The first-order chi connectivity index (χ1) is 9.77. The van der Waals surface area contributed by atoms with Crippen LogP contribution in [-0.2, 0) is 9.53 Å². The summed E-state index contributed by atoms with van der Waals surface area (Å²) in [5.74, 6) is -0.397. The van der Waals surface area contributed by atoms with Gasteiger partial charge in [0.2, 0.25) is 0 Å². The smallest absolute Gasteiger partial charge is 0.328 e. The Hall–Kier alpha value is -1.85. The van der Waals surface area contributed by atoms with Gasteiger partial charge in [0.1, 0.15) is 11.7 Å². The molecule has 0 unspecified atom stereocenters. The van der Waals surface area contributed by atoms with Crippen molar-refractivity contribution in [2.75, 3.05) is 14.2 Å². The first-order valence-corrected chi connectivity index (χ1v) is 7.18. The molecule has 0 fully saturated rings. The molecule has 0 aromatic carbocycles. The summed E-state index contributed by atoms with van der Waals surface area (Å²) in [7, 11) is 2.95. The molecular formula is C15H25N3O3. The maximum Gasteiger partial charge on any atom is 0.328 e. The van der Waals surface area contributed by atoms with E-state index < -0.39 is 12.0 Å². The lowest BCUT2D eigenvalue weighted by atomic mass is 10.0. The van der Waals surface area contributed by atoms with Crippen LogP contribution in [0.5, 0.6) is 0 Å². The van der Waals surface area contributed by atoms with Gasteiger partial charge in [-0.15, -0.1) is 0 Å². The maximum absolute atomic E-state index is 12.5. The Bertz CT molecular complexity index is 494. The maximum atomic E-state index is 12.5. The Morgan fingerprint density at radius 3 is 2.38 bits per heavy atom. The molecule has 0 radical (unpaired) electrons. The third kappa shape index (κ3) is 4.31. The first-order valence-electron chi connectivity index (χ1n) is 7.18. The summed E-state index contributed by atoms with van der Waals surface area (Å²) in [5.41, 5.74) is 0.337. The third-order valence-electron chi connectivity index (χ3n) is 3.31. The number of esters is 1. The number of hydrogen-bond donors (Lipinski definition) is 0. The van der Waals surface area contributed by atoms with Gasteiger partial charge < -0.3 is 9.64 Å². The molecule has 0 aliphatic carbocycles. The molecule has 1 heterocycles. The summed E-state index contributed by atoms with van der Waals surface area (Å²) >= 11 is 0. The monoisotopic (exact) mass is 295 g/mol. The number of likely N-dealkylation sites (N-methyl/N-ethyl adjacent to an activating group) is 1. The van der Waals surface area contributed by atoms with Crippen LogP contribution in [0.3, 0.4) is 0 Å². The zero-order valence-electron chi connectivity index (χ0n) is 13.7. The molecule has 0 aliphatic rings. The lowest BCUT2D eigenvalue weighted by Crippen LogP contribution is -2.44. The predicted octanol–water partition coefficient (Wildman–Crippen LogP) is 2.12.